The van der Waals surface area contributed by atoms with Crippen LogP contribution in [-0.4, -0.2) is 40.1 Å². The molecule has 3 heterocycles. The maximum absolute atomic E-state index is 12.9. The molecule has 0 spiro atoms. The number of aliphatic hydroxyl groups excluding tert-OH is 1. The van der Waals surface area contributed by atoms with Crippen LogP contribution in [0.3, 0.4) is 0 Å². The molecule has 31 heavy (non-hydrogen) atoms. The summed E-state index contributed by atoms with van der Waals surface area (Å²) in [6, 6.07) is 8.75. The number of nitrogen functional groups attached to an aromatic ring is 1. The molecule has 0 unspecified atom stereocenters. The number of nitrogens with zero attached hydrogens (tertiary/aromatic N) is 3. The number of thiazole rings is 1. The van der Waals surface area contributed by atoms with E-state index in [9.17, 15) is 9.90 Å². The van der Waals surface area contributed by atoms with Crippen molar-refractivity contribution in [2.45, 2.75) is 25.9 Å². The molecule has 0 saturated carbocycles. The molecule has 4 N–H and O–H groups in total. The van der Waals surface area contributed by atoms with Crippen LogP contribution in [0.15, 0.2) is 30.3 Å². The van der Waals surface area contributed by atoms with Crippen molar-refractivity contribution in [2.24, 2.45) is 0 Å². The fourth-order valence-electron chi connectivity index (χ4n) is 3.44. The molecule has 1 aliphatic rings. The van der Waals surface area contributed by atoms with E-state index in [-0.39, 0.29) is 38.2 Å². The normalized spacial score (nSPS) is 14.6. The Hall–Kier alpha value is -2.39. The predicted molar refractivity (Wildman–Crippen MR) is 126 cm³/mol. The number of ketones is 1. The van der Waals surface area contributed by atoms with Crippen molar-refractivity contribution in [3.63, 3.8) is 0 Å². The first-order valence-corrected chi connectivity index (χ1v) is 11.3. The van der Waals surface area contributed by atoms with Crippen LogP contribution in [0.5, 0.6) is 0 Å². The molecule has 0 atom stereocenters. The van der Waals surface area contributed by atoms with Gasteiger partial charge < -0.3 is 21.1 Å². The minimum Gasteiger partial charge on any atom is -0.393 e. The zero-order valence-electron chi connectivity index (χ0n) is 16.7. The second-order valence-electron chi connectivity index (χ2n) is 7.30. The van der Waals surface area contributed by atoms with E-state index in [0.717, 1.165) is 54.5 Å². The number of aryl methyl sites for hydroxylation is 1. The number of piperidine rings is 1. The second kappa shape index (κ2) is 9.00. The number of halogens is 2. The number of carbonyl (C=O) groups is 1. The Labute approximate surface area is 193 Å². The van der Waals surface area contributed by atoms with Crippen molar-refractivity contribution >= 4 is 62.8 Å². The first-order valence-electron chi connectivity index (χ1n) is 9.76. The van der Waals surface area contributed by atoms with Crippen LogP contribution in [0.1, 0.15) is 33.8 Å². The minimum atomic E-state index is -0.365. The molecule has 4 rings (SSSR count). The number of carbonyl (C=O) groups excluding carboxylic acids is 1. The van der Waals surface area contributed by atoms with Gasteiger partial charge in [0.2, 0.25) is 5.78 Å². The molecular weight excluding hydrogens is 457 g/mol. The molecule has 0 aliphatic carbocycles. The van der Waals surface area contributed by atoms with Crippen LogP contribution in [0, 0.1) is 6.92 Å². The van der Waals surface area contributed by atoms with Gasteiger partial charge in [-0.15, -0.1) is 0 Å². The highest BCUT2D eigenvalue weighted by molar-refractivity contribution is 7.18. The molecule has 1 saturated heterocycles. The highest BCUT2D eigenvalue weighted by Gasteiger charge is 2.23. The van der Waals surface area contributed by atoms with E-state index in [4.69, 9.17) is 28.9 Å². The summed E-state index contributed by atoms with van der Waals surface area (Å²) in [5, 5.41) is 13.9. The standard InChI is InChI=1S/C21H21Cl2N5O2S/c1-11-15(5-6-16(25-11)28-9-7-12(29)8-10-28)26-21-27-20(24)19(31-21)18(30)17-13(22)3-2-4-14(17)23/h2-6,12,29H,7-10,24H2,1H3,(H,26,27). The quantitative estimate of drug-likeness (QED) is 0.458. The Balaban J connectivity index is 1.54. The number of hydrogen-bond donors (Lipinski definition) is 3. The van der Waals surface area contributed by atoms with E-state index in [2.05, 4.69) is 20.2 Å². The Kier molecular flexibility index (Phi) is 6.34. The van der Waals surface area contributed by atoms with Crippen molar-refractivity contribution in [3.8, 4) is 0 Å². The maximum Gasteiger partial charge on any atom is 0.209 e. The van der Waals surface area contributed by atoms with E-state index in [0.29, 0.717) is 5.13 Å². The van der Waals surface area contributed by atoms with Gasteiger partial charge in [0.1, 0.15) is 16.5 Å². The maximum atomic E-state index is 12.9. The monoisotopic (exact) mass is 477 g/mol. The number of aliphatic hydroxyl groups is 1. The van der Waals surface area contributed by atoms with Gasteiger partial charge in [0.25, 0.3) is 0 Å². The van der Waals surface area contributed by atoms with Crippen molar-refractivity contribution < 1.29 is 9.90 Å². The van der Waals surface area contributed by atoms with Crippen LogP contribution in [0.25, 0.3) is 0 Å². The van der Waals surface area contributed by atoms with Gasteiger partial charge in [-0.3, -0.25) is 4.79 Å². The average molecular weight is 478 g/mol. The molecule has 0 amide bonds. The number of pyridine rings is 1. The zero-order valence-corrected chi connectivity index (χ0v) is 19.1. The lowest BCUT2D eigenvalue weighted by Crippen LogP contribution is -2.36. The summed E-state index contributed by atoms with van der Waals surface area (Å²) in [5.74, 6) is 0.622. The highest BCUT2D eigenvalue weighted by atomic mass is 35.5. The number of nitrogens with one attached hydrogen (secondary N) is 1. The average Bonchev–Trinajstić information content (AvgIpc) is 3.10. The number of nitrogens with two attached hydrogens (primary N) is 1. The molecule has 7 nitrogen and oxygen atoms in total. The third-order valence-electron chi connectivity index (χ3n) is 5.15. The molecule has 162 valence electrons. The summed E-state index contributed by atoms with van der Waals surface area (Å²) in [6.07, 6.45) is 1.25. The molecule has 0 bridgehead atoms. The third-order valence-corrected chi connectivity index (χ3v) is 6.77. The van der Waals surface area contributed by atoms with Gasteiger partial charge in [-0.2, -0.15) is 0 Å². The van der Waals surface area contributed by atoms with Gasteiger partial charge in [-0.05, 0) is 44.0 Å². The molecule has 2 aromatic heterocycles. The van der Waals surface area contributed by atoms with Crippen LogP contribution < -0.4 is 16.0 Å². The lowest BCUT2D eigenvalue weighted by atomic mass is 10.1. The summed E-state index contributed by atoms with van der Waals surface area (Å²) >= 11 is 13.5. The fraction of sp³-hybridized carbons (Fsp3) is 0.286. The van der Waals surface area contributed by atoms with Crippen LogP contribution >= 0.6 is 34.5 Å². The molecule has 10 heteroatoms. The second-order valence-corrected chi connectivity index (χ2v) is 9.12. The largest absolute Gasteiger partial charge is 0.393 e. The van der Waals surface area contributed by atoms with Crippen LogP contribution in [0.2, 0.25) is 10.0 Å². The van der Waals surface area contributed by atoms with Gasteiger partial charge in [0.15, 0.2) is 5.13 Å². The Bertz CT molecular complexity index is 1110. The van der Waals surface area contributed by atoms with Crippen molar-refractivity contribution in [1.82, 2.24) is 9.97 Å². The van der Waals surface area contributed by atoms with Gasteiger partial charge in [-0.1, -0.05) is 40.6 Å². The van der Waals surface area contributed by atoms with Crippen LogP contribution in [-0.2, 0) is 0 Å². The first kappa shape index (κ1) is 21.8. The molecule has 1 aromatic carbocycles. The first-order chi connectivity index (χ1) is 14.8. The van der Waals surface area contributed by atoms with E-state index in [1.54, 1.807) is 18.2 Å². The Morgan fingerprint density at radius 2 is 1.87 bits per heavy atom. The lowest BCUT2D eigenvalue weighted by Gasteiger charge is -2.30. The summed E-state index contributed by atoms with van der Waals surface area (Å²) in [4.78, 5) is 24.3. The predicted octanol–water partition coefficient (Wildman–Crippen LogP) is 4.67. The smallest absolute Gasteiger partial charge is 0.209 e. The summed E-state index contributed by atoms with van der Waals surface area (Å²) in [6.45, 7) is 3.45. The Morgan fingerprint density at radius 1 is 1.19 bits per heavy atom. The van der Waals surface area contributed by atoms with E-state index < -0.39 is 0 Å². The summed E-state index contributed by atoms with van der Waals surface area (Å²) in [7, 11) is 0. The van der Waals surface area contributed by atoms with Gasteiger partial charge in [0.05, 0.1) is 33.1 Å². The van der Waals surface area contributed by atoms with Crippen molar-refractivity contribution in [1.29, 1.82) is 0 Å². The van der Waals surface area contributed by atoms with Gasteiger partial charge >= 0.3 is 0 Å². The zero-order chi connectivity index (χ0) is 22.1. The number of benzene rings is 1. The molecule has 3 aromatic rings. The van der Waals surface area contributed by atoms with Crippen LogP contribution in [0.4, 0.5) is 22.5 Å². The molecule has 0 radical (unpaired) electrons. The number of anilines is 4. The van der Waals surface area contributed by atoms with E-state index in [1.165, 1.54) is 0 Å². The lowest BCUT2D eigenvalue weighted by molar-refractivity contribution is 0.104. The van der Waals surface area contributed by atoms with Gasteiger partial charge in [-0.25, -0.2) is 9.97 Å². The van der Waals surface area contributed by atoms with E-state index in [1.807, 2.05) is 19.1 Å². The van der Waals surface area contributed by atoms with Crippen molar-refractivity contribution in [2.75, 3.05) is 29.0 Å². The summed E-state index contributed by atoms with van der Waals surface area (Å²) < 4.78 is 0. The van der Waals surface area contributed by atoms with Crippen molar-refractivity contribution in [3.05, 3.63) is 56.5 Å². The number of rotatable bonds is 5. The molecular formula is C21H21Cl2N5O2S. The Morgan fingerprint density at radius 3 is 2.52 bits per heavy atom. The SMILES string of the molecule is Cc1nc(N2CCC(O)CC2)ccc1Nc1nc(N)c(C(=O)c2c(Cl)cccc2Cl)s1. The third kappa shape index (κ3) is 4.62. The molecule has 1 fully saturated rings. The topological polar surface area (TPSA) is 104 Å². The minimum absolute atomic E-state index is 0.114. The number of aromatic nitrogens is 2. The number of hydrogen-bond acceptors (Lipinski definition) is 8. The molecule has 1 aliphatic heterocycles. The highest BCUT2D eigenvalue weighted by Crippen LogP contribution is 2.34. The fourth-order valence-corrected chi connectivity index (χ4v) is 4.85. The summed E-state index contributed by atoms with van der Waals surface area (Å²) in [5.41, 5.74) is 7.78. The van der Waals surface area contributed by atoms with E-state index >= 15 is 0 Å². The van der Waals surface area contributed by atoms with Gasteiger partial charge in [0, 0.05) is 13.1 Å².